The summed E-state index contributed by atoms with van der Waals surface area (Å²) >= 11 is 4.96. The Morgan fingerprint density at radius 1 is 1.62 bits per heavy atom. The van der Waals surface area contributed by atoms with Gasteiger partial charge in [-0.1, -0.05) is 13.8 Å². The first-order valence-corrected chi connectivity index (χ1v) is 5.57. The molecule has 1 aromatic rings. The van der Waals surface area contributed by atoms with Crippen molar-refractivity contribution in [3.05, 3.63) is 15.4 Å². The molecule has 0 unspecified atom stereocenters. The molecule has 0 atom stereocenters. The van der Waals surface area contributed by atoms with Crippen LogP contribution in [0.1, 0.15) is 18.7 Å². The molecule has 0 aliphatic heterocycles. The standard InChI is InChI=1S/C9H13BrO2S/c1-9(2,5-11)7-4-6(10)8(12-3)13-7/h4,11H,5H2,1-3H3. The van der Waals surface area contributed by atoms with Crippen LogP contribution in [0.15, 0.2) is 10.5 Å². The highest BCUT2D eigenvalue weighted by Gasteiger charge is 2.23. The van der Waals surface area contributed by atoms with Gasteiger partial charge >= 0.3 is 0 Å². The van der Waals surface area contributed by atoms with Gasteiger partial charge in [0.1, 0.15) is 0 Å². The summed E-state index contributed by atoms with van der Waals surface area (Å²) < 4.78 is 6.11. The topological polar surface area (TPSA) is 29.5 Å². The summed E-state index contributed by atoms with van der Waals surface area (Å²) in [5.74, 6) is 0. The number of rotatable bonds is 3. The maximum atomic E-state index is 9.17. The smallest absolute Gasteiger partial charge is 0.188 e. The number of ether oxygens (including phenoxy) is 1. The van der Waals surface area contributed by atoms with E-state index >= 15 is 0 Å². The predicted octanol–water partition coefficient (Wildman–Crippen LogP) is 2.79. The van der Waals surface area contributed by atoms with Gasteiger partial charge in [0.15, 0.2) is 5.06 Å². The van der Waals surface area contributed by atoms with Gasteiger partial charge in [-0.15, -0.1) is 11.3 Å². The summed E-state index contributed by atoms with van der Waals surface area (Å²) in [5, 5.41) is 10.0. The maximum Gasteiger partial charge on any atom is 0.188 e. The lowest BCUT2D eigenvalue weighted by molar-refractivity contribution is 0.221. The summed E-state index contributed by atoms with van der Waals surface area (Å²) in [4.78, 5) is 1.12. The molecule has 0 amide bonds. The highest BCUT2D eigenvalue weighted by molar-refractivity contribution is 9.10. The fraction of sp³-hybridized carbons (Fsp3) is 0.556. The molecule has 0 radical (unpaired) electrons. The van der Waals surface area contributed by atoms with Crippen LogP contribution in [0.25, 0.3) is 0 Å². The maximum absolute atomic E-state index is 9.17. The molecule has 0 spiro atoms. The lowest BCUT2D eigenvalue weighted by Crippen LogP contribution is -2.20. The van der Waals surface area contributed by atoms with Crippen molar-refractivity contribution in [3.63, 3.8) is 0 Å². The summed E-state index contributed by atoms with van der Waals surface area (Å²) in [6.45, 7) is 4.15. The third-order valence-corrected chi connectivity index (χ3v) is 4.22. The molecule has 0 saturated carbocycles. The first kappa shape index (κ1) is 11.0. The first-order valence-electron chi connectivity index (χ1n) is 3.96. The SMILES string of the molecule is COc1sc(C(C)(C)CO)cc1Br. The van der Waals surface area contributed by atoms with E-state index in [-0.39, 0.29) is 12.0 Å². The Hall–Kier alpha value is -0.0600. The van der Waals surface area contributed by atoms with E-state index in [1.54, 1.807) is 18.4 Å². The summed E-state index contributed by atoms with van der Waals surface area (Å²) in [5.41, 5.74) is -0.191. The van der Waals surface area contributed by atoms with E-state index in [0.717, 1.165) is 14.4 Å². The first-order chi connectivity index (χ1) is 6.01. The van der Waals surface area contributed by atoms with Crippen LogP contribution in [-0.2, 0) is 5.41 Å². The molecule has 4 heteroatoms. The molecule has 0 bridgehead atoms. The number of thiophene rings is 1. The van der Waals surface area contributed by atoms with Crippen molar-refractivity contribution in [2.45, 2.75) is 19.3 Å². The van der Waals surface area contributed by atoms with Gasteiger partial charge in [-0.3, -0.25) is 0 Å². The molecule has 0 aliphatic carbocycles. The Kier molecular flexibility index (Phi) is 3.38. The molecule has 0 aromatic carbocycles. The van der Waals surface area contributed by atoms with E-state index < -0.39 is 0 Å². The fourth-order valence-electron chi connectivity index (χ4n) is 0.903. The normalized spacial score (nSPS) is 11.8. The average Bonchev–Trinajstić information content (AvgIpc) is 2.47. The van der Waals surface area contributed by atoms with Crippen molar-refractivity contribution < 1.29 is 9.84 Å². The number of hydrogen-bond donors (Lipinski definition) is 1. The van der Waals surface area contributed by atoms with Crippen LogP contribution in [-0.4, -0.2) is 18.8 Å². The Morgan fingerprint density at radius 2 is 2.23 bits per heavy atom. The molecule has 13 heavy (non-hydrogen) atoms. The number of methoxy groups -OCH3 is 1. The third-order valence-electron chi connectivity index (χ3n) is 1.90. The molecule has 0 saturated heterocycles. The van der Waals surface area contributed by atoms with Crippen LogP contribution in [0.2, 0.25) is 0 Å². The number of aliphatic hydroxyl groups is 1. The van der Waals surface area contributed by atoms with Gasteiger partial charge in [-0.25, -0.2) is 0 Å². The van der Waals surface area contributed by atoms with Gasteiger partial charge in [-0.2, -0.15) is 0 Å². The lowest BCUT2D eigenvalue weighted by atomic mass is 9.93. The van der Waals surface area contributed by atoms with Crippen LogP contribution in [0.5, 0.6) is 5.06 Å². The quantitative estimate of drug-likeness (QED) is 0.910. The van der Waals surface area contributed by atoms with Gasteiger partial charge < -0.3 is 9.84 Å². The molecule has 1 N–H and O–H groups in total. The van der Waals surface area contributed by atoms with Crippen molar-refractivity contribution in [2.75, 3.05) is 13.7 Å². The van der Waals surface area contributed by atoms with Gasteiger partial charge in [0.2, 0.25) is 0 Å². The van der Waals surface area contributed by atoms with Crippen molar-refractivity contribution >= 4 is 27.3 Å². The lowest BCUT2D eigenvalue weighted by Gasteiger charge is -2.18. The van der Waals surface area contributed by atoms with Crippen molar-refractivity contribution in [3.8, 4) is 5.06 Å². The predicted molar refractivity (Wildman–Crippen MR) is 58.7 cm³/mol. The molecular formula is C9H13BrO2S. The fourth-order valence-corrected chi connectivity index (χ4v) is 2.64. The minimum atomic E-state index is -0.191. The second kappa shape index (κ2) is 3.98. The number of aliphatic hydroxyl groups excluding tert-OH is 1. The summed E-state index contributed by atoms with van der Waals surface area (Å²) in [7, 11) is 1.65. The minimum Gasteiger partial charge on any atom is -0.486 e. The number of halogens is 1. The Labute approximate surface area is 90.7 Å². The molecule has 1 aromatic heterocycles. The van der Waals surface area contributed by atoms with Gasteiger partial charge in [0.25, 0.3) is 0 Å². The third kappa shape index (κ3) is 2.24. The van der Waals surface area contributed by atoms with E-state index in [4.69, 9.17) is 4.74 Å². The highest BCUT2D eigenvalue weighted by Crippen LogP contribution is 2.40. The average molecular weight is 265 g/mol. The van der Waals surface area contributed by atoms with E-state index in [9.17, 15) is 5.11 Å². The van der Waals surface area contributed by atoms with E-state index in [1.807, 2.05) is 19.9 Å². The van der Waals surface area contributed by atoms with Crippen molar-refractivity contribution in [2.24, 2.45) is 0 Å². The summed E-state index contributed by atoms with van der Waals surface area (Å²) in [6.07, 6.45) is 0. The van der Waals surface area contributed by atoms with Crippen molar-refractivity contribution in [1.29, 1.82) is 0 Å². The van der Waals surface area contributed by atoms with E-state index in [0.29, 0.717) is 0 Å². The van der Waals surface area contributed by atoms with Crippen LogP contribution in [0.4, 0.5) is 0 Å². The molecule has 74 valence electrons. The van der Waals surface area contributed by atoms with Gasteiger partial charge in [0.05, 0.1) is 18.2 Å². The molecule has 0 fully saturated rings. The Morgan fingerprint density at radius 3 is 2.62 bits per heavy atom. The van der Waals surface area contributed by atoms with E-state index in [2.05, 4.69) is 15.9 Å². The van der Waals surface area contributed by atoms with Crippen LogP contribution in [0.3, 0.4) is 0 Å². The van der Waals surface area contributed by atoms with E-state index in [1.165, 1.54) is 0 Å². The minimum absolute atomic E-state index is 0.142. The molecular weight excluding hydrogens is 252 g/mol. The zero-order chi connectivity index (χ0) is 10.1. The second-order valence-electron chi connectivity index (χ2n) is 3.49. The molecule has 1 heterocycles. The molecule has 2 nitrogen and oxygen atoms in total. The van der Waals surface area contributed by atoms with Crippen LogP contribution in [0, 0.1) is 0 Å². The number of hydrogen-bond acceptors (Lipinski definition) is 3. The van der Waals surface area contributed by atoms with Crippen LogP contribution < -0.4 is 4.74 Å². The highest BCUT2D eigenvalue weighted by atomic mass is 79.9. The second-order valence-corrected chi connectivity index (χ2v) is 5.36. The zero-order valence-corrected chi connectivity index (χ0v) is 10.3. The molecule has 1 rings (SSSR count). The Balaban J connectivity index is 3.03. The zero-order valence-electron chi connectivity index (χ0n) is 7.93. The monoisotopic (exact) mass is 264 g/mol. The van der Waals surface area contributed by atoms with Crippen LogP contribution >= 0.6 is 27.3 Å². The van der Waals surface area contributed by atoms with Gasteiger partial charge in [0, 0.05) is 10.3 Å². The summed E-state index contributed by atoms with van der Waals surface area (Å²) in [6, 6.07) is 2.00. The molecule has 0 aliphatic rings. The van der Waals surface area contributed by atoms with Gasteiger partial charge in [-0.05, 0) is 22.0 Å². The largest absolute Gasteiger partial charge is 0.486 e. The van der Waals surface area contributed by atoms with Crippen molar-refractivity contribution in [1.82, 2.24) is 0 Å². The Bertz CT molecular complexity index is 294.